The lowest BCUT2D eigenvalue weighted by atomic mass is 10.1. The summed E-state index contributed by atoms with van der Waals surface area (Å²) in [5, 5.41) is -1.17. The number of rotatable bonds is 2. The molecule has 24 heavy (non-hydrogen) atoms. The summed E-state index contributed by atoms with van der Waals surface area (Å²) in [4.78, 5) is 4.44. The van der Waals surface area contributed by atoms with Crippen LogP contribution in [0.1, 0.15) is 25.1 Å². The second kappa shape index (κ2) is 5.10. The van der Waals surface area contributed by atoms with Crippen LogP contribution in [0.4, 0.5) is 26.3 Å². The maximum atomic E-state index is 14.4. The fraction of sp³-hybridized carbons (Fsp3) is 0.636. The molecular formula is C11H11F6N3O3S. The molecule has 0 spiro atoms. The number of halogens is 6. The zero-order chi connectivity index (χ0) is 18.7. The lowest BCUT2D eigenvalue weighted by Crippen LogP contribution is -2.42. The van der Waals surface area contributed by atoms with Gasteiger partial charge >= 0.3 is 11.4 Å². The highest BCUT2D eigenvalue weighted by atomic mass is 32.2. The third-order valence-electron chi connectivity index (χ3n) is 3.22. The van der Waals surface area contributed by atoms with Gasteiger partial charge in [0.2, 0.25) is 5.04 Å². The molecule has 1 unspecified atom stereocenters. The molecule has 1 aromatic rings. The van der Waals surface area contributed by atoms with Gasteiger partial charge in [0.15, 0.2) is 17.5 Å². The van der Waals surface area contributed by atoms with Crippen molar-refractivity contribution < 1.29 is 39.6 Å². The van der Waals surface area contributed by atoms with E-state index in [-0.39, 0.29) is 6.20 Å². The van der Waals surface area contributed by atoms with Crippen molar-refractivity contribution in [2.75, 3.05) is 0 Å². The lowest BCUT2D eigenvalue weighted by molar-refractivity contribution is -0.143. The predicted octanol–water partition coefficient (Wildman–Crippen LogP) is 2.36. The molecule has 1 atom stereocenters. The molecule has 0 saturated carbocycles. The van der Waals surface area contributed by atoms with Crippen LogP contribution >= 0.6 is 0 Å². The molecular weight excluding hydrogens is 368 g/mol. The average Bonchev–Trinajstić information content (AvgIpc) is 2.91. The Balaban J connectivity index is 2.60. The van der Waals surface area contributed by atoms with Gasteiger partial charge in [0.25, 0.3) is 9.84 Å². The van der Waals surface area contributed by atoms with Crippen molar-refractivity contribution >= 4 is 14.9 Å². The van der Waals surface area contributed by atoms with Gasteiger partial charge in [-0.3, -0.25) is 4.68 Å². The Morgan fingerprint density at radius 1 is 1.25 bits per heavy atom. The average molecular weight is 379 g/mol. The zero-order valence-electron chi connectivity index (χ0n) is 12.4. The molecule has 136 valence electrons. The van der Waals surface area contributed by atoms with Crippen molar-refractivity contribution in [2.24, 2.45) is 12.2 Å². The molecule has 0 saturated heterocycles. The third-order valence-corrected chi connectivity index (χ3v) is 4.95. The van der Waals surface area contributed by atoms with Gasteiger partial charge in [-0.05, 0) is 13.8 Å². The van der Waals surface area contributed by atoms with Crippen LogP contribution in [0.15, 0.2) is 11.4 Å². The maximum Gasteiger partial charge on any atom is 0.435 e. The van der Waals surface area contributed by atoms with E-state index in [1.165, 1.54) is 0 Å². The van der Waals surface area contributed by atoms with Gasteiger partial charge in [-0.2, -0.15) is 27.1 Å². The van der Waals surface area contributed by atoms with Crippen LogP contribution in [0.3, 0.4) is 0 Å². The van der Waals surface area contributed by atoms with Crippen molar-refractivity contribution in [1.82, 2.24) is 9.78 Å². The summed E-state index contributed by atoms with van der Waals surface area (Å²) >= 11 is 0. The summed E-state index contributed by atoms with van der Waals surface area (Å²) < 4.78 is 106. The maximum absolute atomic E-state index is 14.4. The smallest absolute Gasteiger partial charge is 0.385 e. The topological polar surface area (TPSA) is 73.5 Å². The highest BCUT2D eigenvalue weighted by molar-refractivity contribution is 8.07. The minimum Gasteiger partial charge on any atom is -0.385 e. The normalized spacial score (nSPS) is 21.5. The Bertz CT molecular complexity index is 796. The van der Waals surface area contributed by atoms with E-state index in [4.69, 9.17) is 0 Å². The van der Waals surface area contributed by atoms with Gasteiger partial charge < -0.3 is 4.84 Å². The summed E-state index contributed by atoms with van der Waals surface area (Å²) in [5.41, 5.74) is -5.86. The van der Waals surface area contributed by atoms with E-state index in [1.54, 1.807) is 0 Å². The Morgan fingerprint density at radius 3 is 2.21 bits per heavy atom. The Hall–Kier alpha value is -1.79. The monoisotopic (exact) mass is 379 g/mol. The van der Waals surface area contributed by atoms with Crippen LogP contribution in [-0.2, 0) is 33.2 Å². The summed E-state index contributed by atoms with van der Waals surface area (Å²) in [5.74, 6) is 0. The van der Waals surface area contributed by atoms with Crippen molar-refractivity contribution in [3.63, 3.8) is 0 Å². The van der Waals surface area contributed by atoms with E-state index in [1.807, 2.05) is 0 Å². The van der Waals surface area contributed by atoms with Gasteiger partial charge in [-0.1, -0.05) is 5.16 Å². The van der Waals surface area contributed by atoms with E-state index in [9.17, 15) is 34.8 Å². The van der Waals surface area contributed by atoms with Crippen molar-refractivity contribution in [3.8, 4) is 0 Å². The fourth-order valence-electron chi connectivity index (χ4n) is 1.92. The number of sulfone groups is 1. The Kier molecular flexibility index (Phi) is 3.94. The molecule has 0 amide bonds. The summed E-state index contributed by atoms with van der Waals surface area (Å²) in [6.07, 6.45) is -7.70. The molecule has 1 aliphatic rings. The first-order valence-electron chi connectivity index (χ1n) is 6.26. The minimum atomic E-state index is -5.92. The van der Waals surface area contributed by atoms with Crippen LogP contribution in [-0.4, -0.2) is 35.0 Å². The van der Waals surface area contributed by atoms with Gasteiger partial charge in [0, 0.05) is 13.2 Å². The van der Waals surface area contributed by atoms with Crippen LogP contribution in [0.5, 0.6) is 0 Å². The van der Waals surface area contributed by atoms with Crippen LogP contribution in [0.2, 0.25) is 0 Å². The summed E-state index contributed by atoms with van der Waals surface area (Å²) in [6.45, 7) is 2.10. The quantitative estimate of drug-likeness (QED) is 0.740. The molecule has 0 N–H and O–H groups in total. The number of alkyl halides is 6. The first kappa shape index (κ1) is 18.5. The third kappa shape index (κ3) is 2.63. The molecule has 0 radical (unpaired) electrons. The highest BCUT2D eigenvalue weighted by Crippen LogP contribution is 2.44. The van der Waals surface area contributed by atoms with Gasteiger partial charge in [0.1, 0.15) is 0 Å². The standard InChI is InChI=1S/C11H11F6N3O3S/c1-9(2)6(12)8(19-23-9)24(21,22)11(16,17)5-4-20(3)18-7(5)10(13,14)15/h4,6H,1-3H3. The summed E-state index contributed by atoms with van der Waals surface area (Å²) in [7, 11) is -5.02. The number of hydrogen-bond acceptors (Lipinski definition) is 5. The van der Waals surface area contributed by atoms with Gasteiger partial charge in [-0.25, -0.2) is 12.8 Å². The van der Waals surface area contributed by atoms with E-state index < -0.39 is 49.3 Å². The zero-order valence-corrected chi connectivity index (χ0v) is 13.2. The van der Waals surface area contributed by atoms with E-state index >= 15 is 0 Å². The molecule has 2 rings (SSSR count). The van der Waals surface area contributed by atoms with Crippen molar-refractivity contribution in [2.45, 2.75) is 37.1 Å². The predicted molar refractivity (Wildman–Crippen MR) is 68.5 cm³/mol. The molecule has 2 heterocycles. The molecule has 1 aromatic heterocycles. The fourth-order valence-corrected chi connectivity index (χ4v) is 3.32. The van der Waals surface area contributed by atoms with Crippen molar-refractivity contribution in [1.29, 1.82) is 0 Å². The molecule has 0 aromatic carbocycles. The summed E-state index contributed by atoms with van der Waals surface area (Å²) in [6, 6.07) is 0. The second-order valence-electron chi connectivity index (χ2n) is 5.57. The Morgan fingerprint density at radius 2 is 1.79 bits per heavy atom. The molecule has 0 bridgehead atoms. The molecule has 0 fully saturated rings. The van der Waals surface area contributed by atoms with Crippen LogP contribution in [0, 0.1) is 0 Å². The van der Waals surface area contributed by atoms with Crippen molar-refractivity contribution in [3.05, 3.63) is 17.5 Å². The molecule has 13 heteroatoms. The van der Waals surface area contributed by atoms with Gasteiger partial charge in [-0.15, -0.1) is 0 Å². The molecule has 6 nitrogen and oxygen atoms in total. The molecule has 0 aliphatic carbocycles. The number of hydrogen-bond donors (Lipinski definition) is 0. The first-order chi connectivity index (χ1) is 10.6. The Labute approximate surface area is 132 Å². The number of oxime groups is 1. The SMILES string of the molecule is Cn1cc(C(F)(F)S(=O)(=O)C2=NOC(C)(C)C2F)c(C(F)(F)F)n1. The second-order valence-corrected chi connectivity index (χ2v) is 7.51. The highest BCUT2D eigenvalue weighted by Gasteiger charge is 2.60. The minimum absolute atomic E-state index is 0.203. The van der Waals surface area contributed by atoms with Crippen LogP contribution in [0.25, 0.3) is 0 Å². The van der Waals surface area contributed by atoms with E-state index in [0.717, 1.165) is 20.9 Å². The number of aromatic nitrogens is 2. The van der Waals surface area contributed by atoms with Gasteiger partial charge in [0.05, 0.1) is 5.56 Å². The largest absolute Gasteiger partial charge is 0.435 e. The number of nitrogens with zero attached hydrogens (tertiary/aromatic N) is 3. The van der Waals surface area contributed by atoms with E-state index in [2.05, 4.69) is 15.1 Å². The molecule has 1 aliphatic heterocycles. The first-order valence-corrected chi connectivity index (χ1v) is 7.74. The van der Waals surface area contributed by atoms with Crippen LogP contribution < -0.4 is 0 Å². The number of aryl methyl sites for hydroxylation is 1. The lowest BCUT2D eigenvalue weighted by Gasteiger charge is -2.20. The van der Waals surface area contributed by atoms with E-state index in [0.29, 0.717) is 4.68 Å².